The minimum Gasteiger partial charge on any atom is -0.493 e. The van der Waals surface area contributed by atoms with Crippen molar-refractivity contribution in [2.75, 3.05) is 14.2 Å². The van der Waals surface area contributed by atoms with E-state index in [1.807, 2.05) is 18.2 Å². The van der Waals surface area contributed by atoms with Crippen molar-refractivity contribution in [1.82, 2.24) is 9.97 Å². The average Bonchev–Trinajstić information content (AvgIpc) is 2.65. The highest BCUT2D eigenvalue weighted by Gasteiger charge is 2.08. The van der Waals surface area contributed by atoms with Crippen LogP contribution in [0.4, 0.5) is 0 Å². The number of aromatic nitrogens is 2. The normalized spacial score (nSPS) is 10.9. The molecule has 0 unspecified atom stereocenters. The van der Waals surface area contributed by atoms with E-state index in [0.717, 1.165) is 16.6 Å². The molecule has 3 rings (SSSR count). The quantitative estimate of drug-likeness (QED) is 0.531. The Labute approximate surface area is 139 Å². The molecular formula is C19H16N2O3. The number of ether oxygens (including phenoxy) is 2. The van der Waals surface area contributed by atoms with E-state index in [0.29, 0.717) is 17.1 Å². The largest absolute Gasteiger partial charge is 0.493 e. The summed E-state index contributed by atoms with van der Waals surface area (Å²) in [6.07, 6.45) is 6.58. The molecule has 0 aliphatic rings. The fourth-order valence-electron chi connectivity index (χ4n) is 2.34. The van der Waals surface area contributed by atoms with Gasteiger partial charge in [0.1, 0.15) is 0 Å². The Balaban J connectivity index is 1.83. The average molecular weight is 320 g/mol. The van der Waals surface area contributed by atoms with Gasteiger partial charge in [0.25, 0.3) is 0 Å². The number of nitrogens with zero attached hydrogens (tertiary/aromatic N) is 2. The Morgan fingerprint density at radius 3 is 2.42 bits per heavy atom. The minimum absolute atomic E-state index is 0.116. The summed E-state index contributed by atoms with van der Waals surface area (Å²) in [7, 11) is 3.10. The molecule has 2 aromatic carbocycles. The number of hydrogen-bond acceptors (Lipinski definition) is 5. The maximum atomic E-state index is 12.3. The van der Waals surface area contributed by atoms with Crippen LogP contribution >= 0.6 is 0 Å². The van der Waals surface area contributed by atoms with Crippen LogP contribution in [0.25, 0.3) is 17.1 Å². The number of carbonyl (C=O) groups is 1. The van der Waals surface area contributed by atoms with Crippen molar-refractivity contribution in [3.8, 4) is 11.5 Å². The van der Waals surface area contributed by atoms with Crippen LogP contribution in [0.3, 0.4) is 0 Å². The summed E-state index contributed by atoms with van der Waals surface area (Å²) in [5, 5.41) is 0. The number of methoxy groups -OCH3 is 2. The third-order valence-electron chi connectivity index (χ3n) is 3.59. The van der Waals surface area contributed by atoms with E-state index in [1.54, 1.807) is 43.8 Å². The van der Waals surface area contributed by atoms with Gasteiger partial charge < -0.3 is 9.47 Å². The van der Waals surface area contributed by atoms with Crippen LogP contribution in [-0.2, 0) is 0 Å². The van der Waals surface area contributed by atoms with Crippen molar-refractivity contribution in [1.29, 1.82) is 0 Å². The zero-order valence-electron chi connectivity index (χ0n) is 13.4. The van der Waals surface area contributed by atoms with Crippen LogP contribution in [-0.4, -0.2) is 30.0 Å². The molecule has 0 bridgehead atoms. The van der Waals surface area contributed by atoms with Gasteiger partial charge in [-0.1, -0.05) is 12.1 Å². The number of fused-ring (bicyclic) bond motifs is 1. The van der Waals surface area contributed by atoms with Crippen LogP contribution in [0.1, 0.15) is 15.9 Å². The molecule has 0 N–H and O–H groups in total. The highest BCUT2D eigenvalue weighted by molar-refractivity contribution is 6.07. The van der Waals surface area contributed by atoms with Gasteiger partial charge >= 0.3 is 0 Å². The fourth-order valence-corrected chi connectivity index (χ4v) is 2.34. The third-order valence-corrected chi connectivity index (χ3v) is 3.59. The molecule has 1 heterocycles. The van der Waals surface area contributed by atoms with Crippen molar-refractivity contribution in [3.63, 3.8) is 0 Å². The van der Waals surface area contributed by atoms with Crippen LogP contribution in [0.15, 0.2) is 54.9 Å². The van der Waals surface area contributed by atoms with Gasteiger partial charge in [-0.15, -0.1) is 0 Å². The van der Waals surface area contributed by atoms with E-state index in [1.165, 1.54) is 13.2 Å². The summed E-state index contributed by atoms with van der Waals surface area (Å²) in [5.74, 6) is 0.999. The van der Waals surface area contributed by atoms with Crippen molar-refractivity contribution < 1.29 is 14.3 Å². The van der Waals surface area contributed by atoms with E-state index in [9.17, 15) is 4.79 Å². The first-order valence-electron chi connectivity index (χ1n) is 7.36. The smallest absolute Gasteiger partial charge is 0.185 e. The number of carbonyl (C=O) groups excluding carboxylic acids is 1. The standard InChI is InChI=1S/C19H16N2O3/c1-23-18-8-5-14(12-19(18)24-2)17(22)7-4-13-3-6-15-16(11-13)21-10-9-20-15/h3-12H,1-2H3/b7-4+. The molecule has 0 aliphatic carbocycles. The van der Waals surface area contributed by atoms with Crippen molar-refractivity contribution in [2.24, 2.45) is 0 Å². The molecule has 0 aliphatic heterocycles. The lowest BCUT2D eigenvalue weighted by molar-refractivity contribution is 0.104. The Morgan fingerprint density at radius 2 is 1.67 bits per heavy atom. The van der Waals surface area contributed by atoms with Gasteiger partial charge in [-0.05, 0) is 42.0 Å². The first-order chi connectivity index (χ1) is 11.7. The van der Waals surface area contributed by atoms with E-state index < -0.39 is 0 Å². The first-order valence-corrected chi connectivity index (χ1v) is 7.36. The topological polar surface area (TPSA) is 61.3 Å². The Bertz CT molecular complexity index is 919. The van der Waals surface area contributed by atoms with E-state index in [4.69, 9.17) is 9.47 Å². The van der Waals surface area contributed by atoms with Crippen molar-refractivity contribution in [3.05, 3.63) is 66.0 Å². The van der Waals surface area contributed by atoms with Gasteiger partial charge in [0, 0.05) is 18.0 Å². The molecule has 0 spiro atoms. The minimum atomic E-state index is -0.116. The highest BCUT2D eigenvalue weighted by Crippen LogP contribution is 2.27. The van der Waals surface area contributed by atoms with Crippen molar-refractivity contribution in [2.45, 2.75) is 0 Å². The van der Waals surface area contributed by atoms with Crippen LogP contribution < -0.4 is 9.47 Å². The highest BCUT2D eigenvalue weighted by atomic mass is 16.5. The monoisotopic (exact) mass is 320 g/mol. The second-order valence-corrected chi connectivity index (χ2v) is 5.07. The summed E-state index contributed by atoms with van der Waals surface area (Å²) >= 11 is 0. The van der Waals surface area contributed by atoms with E-state index in [2.05, 4.69) is 9.97 Å². The molecule has 5 nitrogen and oxygen atoms in total. The fraction of sp³-hybridized carbons (Fsp3) is 0.105. The number of allylic oxidation sites excluding steroid dienone is 1. The molecule has 120 valence electrons. The summed E-state index contributed by atoms with van der Waals surface area (Å²) in [5.41, 5.74) is 3.03. The number of ketones is 1. The zero-order valence-corrected chi connectivity index (χ0v) is 13.4. The van der Waals surface area contributed by atoms with Gasteiger partial charge in [0.2, 0.25) is 0 Å². The predicted molar refractivity (Wildman–Crippen MR) is 92.4 cm³/mol. The molecule has 0 saturated heterocycles. The molecule has 0 atom stereocenters. The van der Waals surface area contributed by atoms with Crippen LogP contribution in [0.5, 0.6) is 11.5 Å². The molecule has 0 amide bonds. The molecule has 24 heavy (non-hydrogen) atoms. The third kappa shape index (κ3) is 3.25. The lowest BCUT2D eigenvalue weighted by Gasteiger charge is -2.08. The number of rotatable bonds is 5. The lowest BCUT2D eigenvalue weighted by Crippen LogP contribution is -1.97. The lowest BCUT2D eigenvalue weighted by atomic mass is 10.1. The SMILES string of the molecule is COc1ccc(C(=O)/C=C/c2ccc3nccnc3c2)cc1OC. The van der Waals surface area contributed by atoms with Crippen LogP contribution in [0.2, 0.25) is 0 Å². The Morgan fingerprint density at radius 1 is 0.917 bits per heavy atom. The summed E-state index contributed by atoms with van der Waals surface area (Å²) < 4.78 is 10.4. The molecule has 0 radical (unpaired) electrons. The summed E-state index contributed by atoms with van der Waals surface area (Å²) in [6.45, 7) is 0. The molecular weight excluding hydrogens is 304 g/mol. The van der Waals surface area contributed by atoms with Crippen LogP contribution in [0, 0.1) is 0 Å². The first kappa shape index (κ1) is 15.7. The second-order valence-electron chi connectivity index (χ2n) is 5.07. The maximum Gasteiger partial charge on any atom is 0.185 e. The van der Waals surface area contributed by atoms with Gasteiger partial charge in [0.15, 0.2) is 17.3 Å². The van der Waals surface area contributed by atoms with Gasteiger partial charge in [0.05, 0.1) is 25.3 Å². The van der Waals surface area contributed by atoms with Gasteiger partial charge in [-0.25, -0.2) is 0 Å². The van der Waals surface area contributed by atoms with Gasteiger partial charge in [-0.2, -0.15) is 0 Å². The Hall–Kier alpha value is -3.21. The van der Waals surface area contributed by atoms with Gasteiger partial charge in [-0.3, -0.25) is 14.8 Å². The summed E-state index contributed by atoms with van der Waals surface area (Å²) in [4.78, 5) is 20.8. The zero-order chi connectivity index (χ0) is 16.9. The second kappa shape index (κ2) is 6.91. The predicted octanol–water partition coefficient (Wildman–Crippen LogP) is 3.54. The molecule has 1 aromatic heterocycles. The number of benzene rings is 2. The van der Waals surface area contributed by atoms with E-state index in [-0.39, 0.29) is 5.78 Å². The molecule has 5 heteroatoms. The number of hydrogen-bond donors (Lipinski definition) is 0. The summed E-state index contributed by atoms with van der Waals surface area (Å²) in [6, 6.07) is 10.8. The molecule has 0 fully saturated rings. The molecule has 0 saturated carbocycles. The Kier molecular flexibility index (Phi) is 4.52. The van der Waals surface area contributed by atoms with Crippen molar-refractivity contribution >= 4 is 22.9 Å². The maximum absolute atomic E-state index is 12.3. The molecule has 3 aromatic rings. The van der Waals surface area contributed by atoms with E-state index >= 15 is 0 Å².